The monoisotopic (exact) mass is 461 g/mol. The van der Waals surface area contributed by atoms with Crippen LogP contribution in [-0.4, -0.2) is 24.2 Å². The third-order valence-electron chi connectivity index (χ3n) is 6.35. The van der Waals surface area contributed by atoms with Crippen LogP contribution < -0.4 is 10.8 Å². The van der Waals surface area contributed by atoms with Crippen LogP contribution in [0.4, 0.5) is 10.1 Å². The van der Waals surface area contributed by atoms with Crippen LogP contribution in [-0.2, 0) is 27.3 Å². The van der Waals surface area contributed by atoms with E-state index in [-0.39, 0.29) is 5.56 Å². The standard InChI is InChI=1S/C27H29BFNO4/c1-26(2)27(3,4)34-28(33-26)21-12-15-24(29)23(16-21)25(31)30-22-13-10-20(11-14-22)18-32-17-19-8-6-5-7-9-19/h5-16H,17-18H2,1-4H3,(H,30,31). The molecular formula is C27H29BFNO4. The van der Waals surface area contributed by atoms with Gasteiger partial charge in [0.1, 0.15) is 5.82 Å². The molecule has 7 heteroatoms. The van der Waals surface area contributed by atoms with E-state index in [1.807, 2.05) is 70.2 Å². The molecule has 5 nitrogen and oxygen atoms in total. The molecule has 1 aliphatic rings. The first-order valence-corrected chi connectivity index (χ1v) is 11.3. The van der Waals surface area contributed by atoms with Crippen LogP contribution in [0, 0.1) is 5.82 Å². The quantitative estimate of drug-likeness (QED) is 0.498. The highest BCUT2D eigenvalue weighted by Gasteiger charge is 2.51. The lowest BCUT2D eigenvalue weighted by Crippen LogP contribution is -2.41. The first-order chi connectivity index (χ1) is 16.1. The number of carbonyl (C=O) groups excluding carboxylic acids is 1. The van der Waals surface area contributed by atoms with Crippen molar-refractivity contribution in [1.29, 1.82) is 0 Å². The van der Waals surface area contributed by atoms with E-state index in [1.54, 1.807) is 18.2 Å². The molecule has 4 rings (SSSR count). The van der Waals surface area contributed by atoms with Crippen molar-refractivity contribution in [3.05, 3.63) is 95.3 Å². The van der Waals surface area contributed by atoms with Gasteiger partial charge in [0.25, 0.3) is 5.91 Å². The van der Waals surface area contributed by atoms with E-state index >= 15 is 0 Å². The lowest BCUT2D eigenvalue weighted by Gasteiger charge is -2.32. The fraction of sp³-hybridized carbons (Fsp3) is 0.296. The number of benzene rings is 3. The molecule has 0 bridgehead atoms. The van der Waals surface area contributed by atoms with Crippen molar-refractivity contribution in [3.63, 3.8) is 0 Å². The minimum atomic E-state index is -0.674. The second-order valence-electron chi connectivity index (χ2n) is 9.46. The van der Waals surface area contributed by atoms with Gasteiger partial charge >= 0.3 is 7.12 Å². The van der Waals surface area contributed by atoms with Crippen molar-refractivity contribution in [2.24, 2.45) is 0 Å². The summed E-state index contributed by atoms with van der Waals surface area (Å²) in [6.45, 7) is 8.76. The predicted octanol–water partition coefficient (Wildman–Crippen LogP) is 5.09. The Morgan fingerprint density at radius 1 is 0.882 bits per heavy atom. The van der Waals surface area contributed by atoms with E-state index in [0.29, 0.717) is 24.4 Å². The molecule has 0 atom stereocenters. The first kappa shape index (κ1) is 24.1. The second-order valence-corrected chi connectivity index (χ2v) is 9.46. The Bertz CT molecular complexity index is 1130. The summed E-state index contributed by atoms with van der Waals surface area (Å²) < 4.78 is 32.3. The van der Waals surface area contributed by atoms with Crippen molar-refractivity contribution in [1.82, 2.24) is 0 Å². The van der Waals surface area contributed by atoms with Crippen LogP contribution in [0.1, 0.15) is 49.2 Å². The summed E-state index contributed by atoms with van der Waals surface area (Å²) in [7, 11) is -0.674. The van der Waals surface area contributed by atoms with Crippen LogP contribution in [0.15, 0.2) is 72.8 Å². The number of anilines is 1. The van der Waals surface area contributed by atoms with Crippen LogP contribution in [0.3, 0.4) is 0 Å². The fourth-order valence-electron chi connectivity index (χ4n) is 3.59. The molecule has 0 radical (unpaired) electrons. The SMILES string of the molecule is CC1(C)OB(c2ccc(F)c(C(=O)Nc3ccc(COCc4ccccc4)cc3)c2)OC1(C)C. The average Bonchev–Trinajstić information content (AvgIpc) is 3.02. The van der Waals surface area contributed by atoms with Crippen LogP contribution in [0.25, 0.3) is 0 Å². The number of amides is 1. The third kappa shape index (κ3) is 5.38. The summed E-state index contributed by atoms with van der Waals surface area (Å²) in [6.07, 6.45) is 0. The molecule has 176 valence electrons. The maximum absolute atomic E-state index is 14.5. The van der Waals surface area contributed by atoms with Crippen LogP contribution in [0.5, 0.6) is 0 Å². The van der Waals surface area contributed by atoms with E-state index in [0.717, 1.165) is 11.1 Å². The van der Waals surface area contributed by atoms with Gasteiger partial charge in [-0.15, -0.1) is 0 Å². The third-order valence-corrected chi connectivity index (χ3v) is 6.35. The summed E-state index contributed by atoms with van der Waals surface area (Å²) in [5.41, 5.74) is 2.12. The predicted molar refractivity (Wildman–Crippen MR) is 131 cm³/mol. The lowest BCUT2D eigenvalue weighted by molar-refractivity contribution is 0.00578. The van der Waals surface area contributed by atoms with E-state index < -0.39 is 30.0 Å². The Morgan fingerprint density at radius 2 is 1.47 bits per heavy atom. The van der Waals surface area contributed by atoms with Gasteiger partial charge in [-0.3, -0.25) is 4.79 Å². The molecule has 1 heterocycles. The summed E-state index contributed by atoms with van der Waals surface area (Å²) >= 11 is 0. The number of hydrogen-bond donors (Lipinski definition) is 1. The van der Waals surface area contributed by atoms with Crippen LogP contribution >= 0.6 is 0 Å². The van der Waals surface area contributed by atoms with Gasteiger partial charge in [-0.1, -0.05) is 48.5 Å². The molecular weight excluding hydrogens is 432 g/mol. The van der Waals surface area contributed by atoms with Gasteiger partial charge < -0.3 is 19.4 Å². The number of hydrogen-bond acceptors (Lipinski definition) is 4. The van der Waals surface area contributed by atoms with E-state index in [4.69, 9.17) is 14.0 Å². The zero-order valence-corrected chi connectivity index (χ0v) is 19.9. The van der Waals surface area contributed by atoms with Gasteiger partial charge in [0.2, 0.25) is 0 Å². The van der Waals surface area contributed by atoms with Gasteiger partial charge in [-0.2, -0.15) is 0 Å². The Hall–Kier alpha value is -3.00. The molecule has 0 saturated carbocycles. The molecule has 1 fully saturated rings. The number of nitrogens with one attached hydrogen (secondary N) is 1. The lowest BCUT2D eigenvalue weighted by atomic mass is 9.78. The summed E-state index contributed by atoms with van der Waals surface area (Å²) in [5, 5.41) is 2.76. The average molecular weight is 461 g/mol. The number of halogens is 1. The zero-order valence-electron chi connectivity index (χ0n) is 19.9. The van der Waals surface area contributed by atoms with Crippen molar-refractivity contribution in [2.75, 3.05) is 5.32 Å². The van der Waals surface area contributed by atoms with Gasteiger partial charge in [0, 0.05) is 5.69 Å². The highest BCUT2D eigenvalue weighted by molar-refractivity contribution is 6.62. The van der Waals surface area contributed by atoms with Gasteiger partial charge in [0.15, 0.2) is 0 Å². The summed E-state index contributed by atoms with van der Waals surface area (Å²) in [5.74, 6) is -1.15. The van der Waals surface area contributed by atoms with E-state index in [1.165, 1.54) is 12.1 Å². The smallest absolute Gasteiger partial charge is 0.399 e. The van der Waals surface area contributed by atoms with Gasteiger partial charge in [-0.05, 0) is 68.6 Å². The number of ether oxygens (including phenoxy) is 1. The molecule has 1 saturated heterocycles. The van der Waals surface area contributed by atoms with Crippen molar-refractivity contribution >= 4 is 24.2 Å². The second kappa shape index (κ2) is 9.70. The Balaban J connectivity index is 1.38. The highest BCUT2D eigenvalue weighted by Crippen LogP contribution is 2.36. The minimum absolute atomic E-state index is 0.0671. The molecule has 0 aliphatic carbocycles. The molecule has 0 spiro atoms. The molecule has 3 aromatic rings. The minimum Gasteiger partial charge on any atom is -0.399 e. The highest BCUT2D eigenvalue weighted by atomic mass is 19.1. The van der Waals surface area contributed by atoms with Crippen LogP contribution in [0.2, 0.25) is 0 Å². The molecule has 0 unspecified atom stereocenters. The Morgan fingerprint density at radius 3 is 2.09 bits per heavy atom. The molecule has 3 aromatic carbocycles. The molecule has 34 heavy (non-hydrogen) atoms. The molecule has 1 N–H and O–H groups in total. The molecule has 1 aliphatic heterocycles. The summed E-state index contributed by atoms with van der Waals surface area (Å²) in [6, 6.07) is 21.6. The summed E-state index contributed by atoms with van der Waals surface area (Å²) in [4.78, 5) is 12.8. The van der Waals surface area contributed by atoms with Crippen molar-refractivity contribution < 1.29 is 23.2 Å². The fourth-order valence-corrected chi connectivity index (χ4v) is 3.59. The molecule has 0 aromatic heterocycles. The zero-order chi connectivity index (χ0) is 24.3. The topological polar surface area (TPSA) is 56.8 Å². The maximum atomic E-state index is 14.5. The normalized spacial score (nSPS) is 16.4. The van der Waals surface area contributed by atoms with Crippen molar-refractivity contribution in [2.45, 2.75) is 52.1 Å². The molecule has 1 amide bonds. The van der Waals surface area contributed by atoms with E-state index in [9.17, 15) is 9.18 Å². The Labute approximate surface area is 200 Å². The van der Waals surface area contributed by atoms with Crippen molar-refractivity contribution in [3.8, 4) is 0 Å². The largest absolute Gasteiger partial charge is 0.494 e. The Kier molecular flexibility index (Phi) is 6.89. The maximum Gasteiger partial charge on any atom is 0.494 e. The van der Waals surface area contributed by atoms with E-state index in [2.05, 4.69) is 5.32 Å². The van der Waals surface area contributed by atoms with Gasteiger partial charge in [-0.25, -0.2) is 4.39 Å². The number of carbonyl (C=O) groups is 1. The van der Waals surface area contributed by atoms with Gasteiger partial charge in [0.05, 0.1) is 30.0 Å². The number of rotatable bonds is 7. The first-order valence-electron chi connectivity index (χ1n) is 11.3.